The molecule has 0 bridgehead atoms. The van der Waals surface area contributed by atoms with E-state index in [9.17, 15) is 4.79 Å². The van der Waals surface area contributed by atoms with E-state index < -0.39 is 0 Å². The molecule has 0 aromatic heterocycles. The first kappa shape index (κ1) is 19.1. The van der Waals surface area contributed by atoms with Crippen molar-refractivity contribution >= 4 is 11.6 Å². The summed E-state index contributed by atoms with van der Waals surface area (Å²) in [7, 11) is 3.14. The van der Waals surface area contributed by atoms with Crippen molar-refractivity contribution < 1.29 is 19.0 Å². The fraction of sp³-hybridized carbons (Fsp3) is 0.300. The van der Waals surface area contributed by atoms with Gasteiger partial charge in [-0.2, -0.15) is 5.26 Å². The molecule has 0 unspecified atom stereocenters. The molecule has 0 aliphatic heterocycles. The zero-order valence-corrected chi connectivity index (χ0v) is 15.0. The number of ether oxygens (including phenoxy) is 3. The maximum Gasteiger partial charge on any atom is 0.228 e. The highest BCUT2D eigenvalue weighted by Crippen LogP contribution is 2.25. The molecule has 2 aromatic carbocycles. The molecule has 2 aromatic rings. The van der Waals surface area contributed by atoms with Crippen LogP contribution in [0.15, 0.2) is 42.5 Å². The van der Waals surface area contributed by atoms with Crippen LogP contribution in [0.2, 0.25) is 0 Å². The van der Waals surface area contributed by atoms with Gasteiger partial charge in [0.1, 0.15) is 17.2 Å². The van der Waals surface area contributed by atoms with E-state index in [0.29, 0.717) is 42.4 Å². The highest BCUT2D eigenvalue weighted by atomic mass is 16.5. The Kier molecular flexibility index (Phi) is 7.31. The maximum absolute atomic E-state index is 12.3. The van der Waals surface area contributed by atoms with Gasteiger partial charge in [0.25, 0.3) is 0 Å². The Balaban J connectivity index is 1.96. The van der Waals surface area contributed by atoms with Gasteiger partial charge in [0.2, 0.25) is 5.91 Å². The molecule has 0 fully saturated rings. The number of carbonyl (C=O) groups excluding carboxylic acids is 1. The van der Waals surface area contributed by atoms with Crippen LogP contribution in [0.25, 0.3) is 0 Å². The third kappa shape index (κ3) is 5.71. The average molecular weight is 354 g/mol. The van der Waals surface area contributed by atoms with E-state index in [0.717, 1.165) is 5.56 Å². The van der Waals surface area contributed by atoms with Crippen LogP contribution in [0.4, 0.5) is 5.69 Å². The van der Waals surface area contributed by atoms with Crippen molar-refractivity contribution in [3.05, 3.63) is 48.0 Å². The Morgan fingerprint density at radius 3 is 2.69 bits per heavy atom. The molecular weight excluding hydrogens is 332 g/mol. The highest BCUT2D eigenvalue weighted by molar-refractivity contribution is 5.92. The summed E-state index contributed by atoms with van der Waals surface area (Å²) in [4.78, 5) is 12.3. The lowest BCUT2D eigenvalue weighted by Crippen LogP contribution is -2.15. The predicted molar refractivity (Wildman–Crippen MR) is 98.7 cm³/mol. The first-order chi connectivity index (χ1) is 12.7. The van der Waals surface area contributed by atoms with Crippen LogP contribution in [-0.2, 0) is 11.2 Å². The van der Waals surface area contributed by atoms with Crippen molar-refractivity contribution in [3.8, 4) is 23.3 Å². The Labute approximate surface area is 153 Å². The SMILES string of the molecule is COc1ccc(CC(=O)Nc2cccc(OCCCC#N)c2)c(OC)c1. The van der Waals surface area contributed by atoms with Gasteiger partial charge in [-0.3, -0.25) is 4.79 Å². The molecule has 2 rings (SSSR count). The Bertz CT molecular complexity index is 784. The Morgan fingerprint density at radius 1 is 1.12 bits per heavy atom. The van der Waals surface area contributed by atoms with Gasteiger partial charge in [-0.1, -0.05) is 12.1 Å². The minimum Gasteiger partial charge on any atom is -0.497 e. The molecule has 0 saturated carbocycles. The second-order valence-electron chi connectivity index (χ2n) is 5.54. The van der Waals surface area contributed by atoms with Crippen LogP contribution >= 0.6 is 0 Å². The van der Waals surface area contributed by atoms with Crippen LogP contribution in [0.3, 0.4) is 0 Å². The zero-order chi connectivity index (χ0) is 18.8. The summed E-state index contributed by atoms with van der Waals surface area (Å²) in [6.07, 6.45) is 1.31. The lowest BCUT2D eigenvalue weighted by molar-refractivity contribution is -0.115. The molecule has 0 atom stereocenters. The van der Waals surface area contributed by atoms with E-state index in [-0.39, 0.29) is 12.3 Å². The summed E-state index contributed by atoms with van der Waals surface area (Å²) in [6, 6.07) is 14.6. The molecule has 1 amide bonds. The third-order valence-electron chi connectivity index (χ3n) is 3.66. The lowest BCUT2D eigenvalue weighted by Gasteiger charge is -2.11. The number of hydrogen-bond donors (Lipinski definition) is 1. The van der Waals surface area contributed by atoms with Crippen molar-refractivity contribution in [1.82, 2.24) is 0 Å². The first-order valence-corrected chi connectivity index (χ1v) is 8.27. The van der Waals surface area contributed by atoms with Gasteiger partial charge in [0, 0.05) is 29.8 Å². The van der Waals surface area contributed by atoms with Gasteiger partial charge in [0.05, 0.1) is 33.3 Å². The molecule has 0 radical (unpaired) electrons. The quantitative estimate of drug-likeness (QED) is 0.696. The monoisotopic (exact) mass is 354 g/mol. The molecule has 6 heteroatoms. The smallest absolute Gasteiger partial charge is 0.228 e. The number of unbranched alkanes of at least 4 members (excludes halogenated alkanes) is 1. The topological polar surface area (TPSA) is 80.6 Å². The van der Waals surface area contributed by atoms with E-state index in [2.05, 4.69) is 11.4 Å². The fourth-order valence-electron chi connectivity index (χ4n) is 2.38. The third-order valence-corrected chi connectivity index (χ3v) is 3.66. The van der Waals surface area contributed by atoms with Crippen LogP contribution in [0.5, 0.6) is 17.2 Å². The van der Waals surface area contributed by atoms with Crippen LogP contribution in [-0.4, -0.2) is 26.7 Å². The number of nitrogens with zero attached hydrogens (tertiary/aromatic N) is 1. The molecular formula is C20H22N2O4. The summed E-state index contributed by atoms with van der Waals surface area (Å²) in [6.45, 7) is 0.466. The molecule has 0 saturated heterocycles. The van der Waals surface area contributed by atoms with Gasteiger partial charge in [0.15, 0.2) is 0 Å². The van der Waals surface area contributed by atoms with E-state index in [1.165, 1.54) is 0 Å². The molecule has 1 N–H and O–H groups in total. The summed E-state index contributed by atoms with van der Waals surface area (Å²) >= 11 is 0. The number of hydrogen-bond acceptors (Lipinski definition) is 5. The van der Waals surface area contributed by atoms with E-state index >= 15 is 0 Å². The number of anilines is 1. The Morgan fingerprint density at radius 2 is 1.96 bits per heavy atom. The lowest BCUT2D eigenvalue weighted by atomic mass is 10.1. The molecule has 0 aliphatic carbocycles. The minimum atomic E-state index is -0.157. The highest BCUT2D eigenvalue weighted by Gasteiger charge is 2.11. The number of rotatable bonds is 9. The fourth-order valence-corrected chi connectivity index (χ4v) is 2.38. The summed E-state index contributed by atoms with van der Waals surface area (Å²) < 4.78 is 16.1. The van der Waals surface area contributed by atoms with Crippen LogP contribution in [0, 0.1) is 11.3 Å². The number of carbonyl (C=O) groups is 1. The molecule has 0 spiro atoms. The largest absolute Gasteiger partial charge is 0.497 e. The Hall–Kier alpha value is -3.20. The summed E-state index contributed by atoms with van der Waals surface area (Å²) in [5.74, 6) is 1.78. The second kappa shape index (κ2) is 9.94. The number of amides is 1. The van der Waals surface area contributed by atoms with Crippen LogP contribution in [0.1, 0.15) is 18.4 Å². The van der Waals surface area contributed by atoms with Crippen molar-refractivity contribution in [1.29, 1.82) is 5.26 Å². The normalized spacial score (nSPS) is 9.88. The summed E-state index contributed by atoms with van der Waals surface area (Å²) in [5, 5.41) is 11.4. The van der Waals surface area contributed by atoms with E-state index in [1.54, 1.807) is 38.5 Å². The van der Waals surface area contributed by atoms with Gasteiger partial charge in [-0.15, -0.1) is 0 Å². The first-order valence-electron chi connectivity index (χ1n) is 8.27. The molecule has 0 heterocycles. The maximum atomic E-state index is 12.3. The molecule has 0 aliphatic rings. The molecule has 6 nitrogen and oxygen atoms in total. The van der Waals surface area contributed by atoms with Crippen LogP contribution < -0.4 is 19.5 Å². The number of nitrogens with one attached hydrogen (secondary N) is 1. The predicted octanol–water partition coefficient (Wildman–Crippen LogP) is 3.57. The standard InChI is InChI=1S/C20H22N2O4/c1-24-17-9-8-15(19(14-17)25-2)12-20(23)22-16-6-5-7-18(13-16)26-11-4-3-10-21/h5-9,13-14H,3-4,11-12H2,1-2H3,(H,22,23). The van der Waals surface area contributed by atoms with Gasteiger partial charge >= 0.3 is 0 Å². The van der Waals surface area contributed by atoms with Crippen molar-refractivity contribution in [2.24, 2.45) is 0 Å². The summed E-state index contributed by atoms with van der Waals surface area (Å²) in [5.41, 5.74) is 1.43. The van der Waals surface area contributed by atoms with Gasteiger partial charge in [-0.05, 0) is 24.6 Å². The number of nitriles is 1. The zero-order valence-electron chi connectivity index (χ0n) is 15.0. The van der Waals surface area contributed by atoms with E-state index in [1.807, 2.05) is 18.2 Å². The molecule has 136 valence electrons. The minimum absolute atomic E-state index is 0.157. The molecule has 26 heavy (non-hydrogen) atoms. The number of methoxy groups -OCH3 is 2. The van der Waals surface area contributed by atoms with Crippen molar-refractivity contribution in [3.63, 3.8) is 0 Å². The van der Waals surface area contributed by atoms with Crippen molar-refractivity contribution in [2.75, 3.05) is 26.1 Å². The average Bonchev–Trinajstić information content (AvgIpc) is 2.66. The number of benzene rings is 2. The van der Waals surface area contributed by atoms with E-state index in [4.69, 9.17) is 19.5 Å². The van der Waals surface area contributed by atoms with Crippen molar-refractivity contribution in [2.45, 2.75) is 19.3 Å². The van der Waals surface area contributed by atoms with Gasteiger partial charge in [-0.25, -0.2) is 0 Å². The second-order valence-corrected chi connectivity index (χ2v) is 5.54. The van der Waals surface area contributed by atoms with Gasteiger partial charge < -0.3 is 19.5 Å².